The maximum atomic E-state index is 13.1. The van der Waals surface area contributed by atoms with Crippen LogP contribution in [-0.2, 0) is 6.67 Å². The van der Waals surface area contributed by atoms with Crippen LogP contribution in [0.25, 0.3) is 0 Å². The molecule has 4 rings (SSSR count). The summed E-state index contributed by atoms with van der Waals surface area (Å²) < 4.78 is 1.88. The largest absolute Gasteiger partial charge is 0.298 e. The van der Waals surface area contributed by atoms with Crippen molar-refractivity contribution >= 4 is 11.6 Å². The molecule has 1 aliphatic carbocycles. The molecule has 5 nitrogen and oxygen atoms in total. The molecule has 0 saturated heterocycles. The lowest BCUT2D eigenvalue weighted by atomic mass is 9.77. The van der Waals surface area contributed by atoms with Crippen molar-refractivity contribution in [3.05, 3.63) is 51.4 Å². The Bertz CT molecular complexity index is 935. The topological polar surface area (TPSA) is 41.4 Å². The van der Waals surface area contributed by atoms with Crippen LogP contribution < -0.4 is 10.5 Å². The van der Waals surface area contributed by atoms with Crippen LogP contribution in [-0.4, -0.2) is 27.2 Å². The Kier molecular flexibility index (Phi) is 5.04. The maximum Gasteiger partial charge on any atom is 0.259 e. The van der Waals surface area contributed by atoms with Crippen LogP contribution in [0.1, 0.15) is 49.9 Å². The summed E-state index contributed by atoms with van der Waals surface area (Å²) in [5.41, 5.74) is 3.97. The van der Waals surface area contributed by atoms with E-state index in [1.165, 1.54) is 24.8 Å². The van der Waals surface area contributed by atoms with Crippen molar-refractivity contribution in [1.82, 2.24) is 14.5 Å². The normalized spacial score (nSPS) is 25.6. The molecule has 150 valence electrons. The number of hydrogen-bond donors (Lipinski definition) is 0. The molecule has 1 fully saturated rings. The summed E-state index contributed by atoms with van der Waals surface area (Å²) in [6.45, 7) is 12.1. The highest BCUT2D eigenvalue weighted by atomic mass is 16.1. The van der Waals surface area contributed by atoms with E-state index in [-0.39, 0.29) is 5.56 Å². The molecule has 0 N–H and O–H groups in total. The van der Waals surface area contributed by atoms with Crippen molar-refractivity contribution in [2.24, 2.45) is 11.8 Å². The van der Waals surface area contributed by atoms with Crippen LogP contribution in [0.15, 0.2) is 29.1 Å². The minimum atomic E-state index is 0.0846. The fraction of sp³-hybridized carbons (Fsp3) is 0.565. The van der Waals surface area contributed by atoms with Crippen LogP contribution >= 0.6 is 0 Å². The van der Waals surface area contributed by atoms with Gasteiger partial charge in [-0.1, -0.05) is 38.8 Å². The number of hydrogen-bond acceptors (Lipinski definition) is 4. The highest BCUT2D eigenvalue weighted by Gasteiger charge is 2.36. The zero-order chi connectivity index (χ0) is 20.0. The maximum absolute atomic E-state index is 13.1. The fourth-order valence-electron chi connectivity index (χ4n) is 4.82. The molecule has 1 saturated carbocycles. The summed E-state index contributed by atoms with van der Waals surface area (Å²) in [4.78, 5) is 22.7. The van der Waals surface area contributed by atoms with Gasteiger partial charge in [-0.3, -0.25) is 19.2 Å². The second-order valence-corrected chi connectivity index (χ2v) is 8.83. The smallest absolute Gasteiger partial charge is 0.259 e. The van der Waals surface area contributed by atoms with Crippen molar-refractivity contribution in [1.29, 1.82) is 0 Å². The van der Waals surface area contributed by atoms with Gasteiger partial charge in [0, 0.05) is 23.0 Å². The summed E-state index contributed by atoms with van der Waals surface area (Å²) in [5.74, 6) is 2.12. The van der Waals surface area contributed by atoms with Crippen LogP contribution in [0.4, 0.5) is 11.6 Å². The summed E-state index contributed by atoms with van der Waals surface area (Å²) in [5, 5.41) is 0. The predicted molar refractivity (Wildman–Crippen MR) is 114 cm³/mol. The van der Waals surface area contributed by atoms with Gasteiger partial charge in [-0.15, -0.1) is 0 Å². The standard InChI is InChI=1S/C23H32N4O/c1-15-8-6-10-20(12-15)26-13-25(21-11-7-9-16(2)17(21)3)14-27-22(28)18(4)19(5)24-23(26)27/h6,8,10,12,16-17,21H,7,9,11,13-14H2,1-5H3. The highest BCUT2D eigenvalue weighted by molar-refractivity contribution is 5.59. The van der Waals surface area contributed by atoms with Crippen molar-refractivity contribution < 1.29 is 0 Å². The Morgan fingerprint density at radius 1 is 1.07 bits per heavy atom. The third-order valence-electron chi connectivity index (χ3n) is 6.95. The van der Waals surface area contributed by atoms with E-state index in [1.54, 1.807) is 0 Å². The Labute approximate surface area is 168 Å². The summed E-state index contributed by atoms with van der Waals surface area (Å²) >= 11 is 0. The van der Waals surface area contributed by atoms with Gasteiger partial charge in [0.25, 0.3) is 5.56 Å². The van der Waals surface area contributed by atoms with Crippen molar-refractivity contribution in [3.63, 3.8) is 0 Å². The Morgan fingerprint density at radius 2 is 1.86 bits per heavy atom. The van der Waals surface area contributed by atoms with E-state index in [0.29, 0.717) is 18.6 Å². The zero-order valence-corrected chi connectivity index (χ0v) is 17.8. The number of anilines is 2. The number of rotatable bonds is 2. The van der Waals surface area contributed by atoms with Gasteiger partial charge < -0.3 is 0 Å². The Hall–Kier alpha value is -2.14. The van der Waals surface area contributed by atoms with E-state index in [9.17, 15) is 4.79 Å². The second kappa shape index (κ2) is 7.36. The summed E-state index contributed by atoms with van der Waals surface area (Å²) in [7, 11) is 0. The molecule has 3 atom stereocenters. The molecule has 0 amide bonds. The first-order chi connectivity index (χ1) is 13.4. The second-order valence-electron chi connectivity index (χ2n) is 8.83. The van der Waals surface area contributed by atoms with Gasteiger partial charge in [0.05, 0.1) is 13.3 Å². The molecule has 2 heterocycles. The summed E-state index contributed by atoms with van der Waals surface area (Å²) in [6, 6.07) is 8.99. The fourth-order valence-corrected chi connectivity index (χ4v) is 4.82. The van der Waals surface area contributed by atoms with Crippen molar-refractivity contribution in [3.8, 4) is 0 Å². The van der Waals surface area contributed by atoms with E-state index in [2.05, 4.69) is 54.8 Å². The van der Waals surface area contributed by atoms with E-state index in [1.807, 2.05) is 18.4 Å². The number of aromatic nitrogens is 2. The van der Waals surface area contributed by atoms with Crippen molar-refractivity contribution in [2.45, 2.75) is 66.6 Å². The molecule has 5 heteroatoms. The molecule has 1 aromatic carbocycles. The van der Waals surface area contributed by atoms with Gasteiger partial charge in [0.15, 0.2) is 0 Å². The van der Waals surface area contributed by atoms with Gasteiger partial charge in [-0.25, -0.2) is 4.98 Å². The number of benzene rings is 1. The van der Waals surface area contributed by atoms with Crippen LogP contribution in [0.3, 0.4) is 0 Å². The first-order valence-corrected chi connectivity index (χ1v) is 10.5. The molecule has 0 radical (unpaired) electrons. The lowest BCUT2D eigenvalue weighted by molar-refractivity contribution is 0.0491. The lowest BCUT2D eigenvalue weighted by Crippen LogP contribution is -2.54. The first kappa shape index (κ1) is 19.2. The van der Waals surface area contributed by atoms with Gasteiger partial charge in [0.1, 0.15) is 0 Å². The number of fused-ring (bicyclic) bond motifs is 1. The Balaban J connectivity index is 1.81. The van der Waals surface area contributed by atoms with Crippen LogP contribution in [0.5, 0.6) is 0 Å². The van der Waals surface area contributed by atoms with Gasteiger partial charge >= 0.3 is 0 Å². The third-order valence-corrected chi connectivity index (χ3v) is 6.95. The number of aryl methyl sites for hydroxylation is 2. The predicted octanol–water partition coefficient (Wildman–Crippen LogP) is 4.36. The quantitative estimate of drug-likeness (QED) is 0.776. The molecular weight excluding hydrogens is 348 g/mol. The molecule has 1 aliphatic heterocycles. The monoisotopic (exact) mass is 380 g/mol. The van der Waals surface area contributed by atoms with E-state index in [0.717, 1.165) is 35.5 Å². The van der Waals surface area contributed by atoms with Gasteiger partial charge in [-0.2, -0.15) is 0 Å². The van der Waals surface area contributed by atoms with Crippen molar-refractivity contribution in [2.75, 3.05) is 11.6 Å². The number of nitrogens with zero attached hydrogens (tertiary/aromatic N) is 4. The minimum Gasteiger partial charge on any atom is -0.298 e. The van der Waals surface area contributed by atoms with Crippen LogP contribution in [0.2, 0.25) is 0 Å². The molecule has 0 spiro atoms. The van der Waals surface area contributed by atoms with E-state index in [4.69, 9.17) is 4.98 Å². The highest BCUT2D eigenvalue weighted by Crippen LogP contribution is 2.36. The molecule has 3 unspecified atom stereocenters. The third kappa shape index (κ3) is 3.26. The van der Waals surface area contributed by atoms with E-state index >= 15 is 0 Å². The van der Waals surface area contributed by atoms with Crippen LogP contribution in [0, 0.1) is 32.6 Å². The molecule has 2 aromatic rings. The summed E-state index contributed by atoms with van der Waals surface area (Å²) in [6.07, 6.45) is 3.78. The van der Waals surface area contributed by atoms with Gasteiger partial charge in [-0.05, 0) is 56.7 Å². The zero-order valence-electron chi connectivity index (χ0n) is 17.8. The average Bonchev–Trinajstić information content (AvgIpc) is 2.68. The average molecular weight is 381 g/mol. The van der Waals surface area contributed by atoms with Gasteiger partial charge in [0.2, 0.25) is 5.95 Å². The molecule has 28 heavy (non-hydrogen) atoms. The van der Waals surface area contributed by atoms with E-state index < -0.39 is 0 Å². The molecule has 0 bridgehead atoms. The first-order valence-electron chi connectivity index (χ1n) is 10.5. The lowest BCUT2D eigenvalue weighted by Gasteiger charge is -2.46. The molecular formula is C23H32N4O. The molecule has 2 aliphatic rings. The molecule has 1 aromatic heterocycles. The Morgan fingerprint density at radius 3 is 2.61 bits per heavy atom. The SMILES string of the molecule is Cc1cccc(N2CN(C3CCCC(C)C3C)Cn3c2nc(C)c(C)c3=O)c1. The minimum absolute atomic E-state index is 0.0846.